The molecule has 0 aliphatic carbocycles. The summed E-state index contributed by atoms with van der Waals surface area (Å²) in [4.78, 5) is 16.7. The van der Waals surface area contributed by atoms with Crippen molar-refractivity contribution in [3.05, 3.63) is 83.4 Å². The minimum Gasteiger partial charge on any atom is -0.507 e. The Bertz CT molecular complexity index is 1030. The van der Waals surface area contributed by atoms with Gasteiger partial charge in [-0.3, -0.25) is 4.99 Å². The summed E-state index contributed by atoms with van der Waals surface area (Å²) in [6.45, 7) is 4.75. The Hall–Kier alpha value is -3.60. The van der Waals surface area contributed by atoms with E-state index in [-0.39, 0.29) is 11.5 Å². The summed E-state index contributed by atoms with van der Waals surface area (Å²) < 4.78 is 11.0. The van der Waals surface area contributed by atoms with E-state index in [0.29, 0.717) is 17.7 Å². The molecule has 5 nitrogen and oxygen atoms in total. The van der Waals surface area contributed by atoms with Crippen LogP contribution in [0.5, 0.6) is 17.2 Å². The normalized spacial score (nSPS) is 10.9. The molecule has 0 aromatic heterocycles. The molecule has 0 unspecified atom stereocenters. The second kappa shape index (κ2) is 10.3. The molecule has 0 amide bonds. The van der Waals surface area contributed by atoms with Crippen molar-refractivity contribution in [1.82, 2.24) is 0 Å². The zero-order valence-electron chi connectivity index (χ0n) is 17.2. The number of carbonyl (C=O) groups is 1. The van der Waals surface area contributed by atoms with E-state index in [0.717, 1.165) is 29.8 Å². The van der Waals surface area contributed by atoms with Crippen molar-refractivity contribution >= 4 is 17.9 Å². The molecule has 0 spiro atoms. The fourth-order valence-corrected chi connectivity index (χ4v) is 2.74. The van der Waals surface area contributed by atoms with E-state index in [1.165, 1.54) is 6.07 Å². The smallest absolute Gasteiger partial charge is 0.343 e. The highest BCUT2D eigenvalue weighted by Gasteiger charge is 2.10. The van der Waals surface area contributed by atoms with Crippen molar-refractivity contribution in [1.29, 1.82) is 0 Å². The summed E-state index contributed by atoms with van der Waals surface area (Å²) in [5.74, 6) is 0.454. The molecule has 0 radical (unpaired) electrons. The van der Waals surface area contributed by atoms with Crippen molar-refractivity contribution in [3.63, 3.8) is 0 Å². The fraction of sp³-hybridized carbons (Fsp3) is 0.200. The number of esters is 1. The van der Waals surface area contributed by atoms with Gasteiger partial charge >= 0.3 is 5.97 Å². The number of aryl methyl sites for hydroxylation is 1. The molecule has 0 aliphatic rings. The first-order valence-corrected chi connectivity index (χ1v) is 9.94. The number of aromatic hydroxyl groups is 1. The molecule has 3 rings (SSSR count). The Labute approximate surface area is 176 Å². The predicted octanol–water partition coefficient (Wildman–Crippen LogP) is 5.85. The molecule has 154 valence electrons. The van der Waals surface area contributed by atoms with E-state index >= 15 is 0 Å². The van der Waals surface area contributed by atoms with E-state index in [1.807, 2.05) is 31.2 Å². The van der Waals surface area contributed by atoms with E-state index in [4.69, 9.17) is 9.47 Å². The molecule has 0 saturated heterocycles. The first kappa shape index (κ1) is 21.1. The topological polar surface area (TPSA) is 68.1 Å². The highest BCUT2D eigenvalue weighted by atomic mass is 16.5. The number of hydrogen-bond acceptors (Lipinski definition) is 5. The third kappa shape index (κ3) is 5.95. The van der Waals surface area contributed by atoms with Gasteiger partial charge in [0.15, 0.2) is 0 Å². The molecule has 3 aromatic carbocycles. The van der Waals surface area contributed by atoms with Gasteiger partial charge in [0.05, 0.1) is 17.9 Å². The maximum absolute atomic E-state index is 12.4. The molecule has 30 heavy (non-hydrogen) atoms. The number of ether oxygens (including phenoxy) is 2. The number of phenols is 1. The van der Waals surface area contributed by atoms with Crippen LogP contribution in [0.15, 0.2) is 71.7 Å². The SMILES string of the molecule is CCCCOc1ccc(C(=O)Oc2ccc(C=Nc3cccc(C)c3)c(O)c2)cc1. The highest BCUT2D eigenvalue weighted by Crippen LogP contribution is 2.24. The molecule has 5 heteroatoms. The van der Waals surface area contributed by atoms with E-state index in [2.05, 4.69) is 11.9 Å². The number of carbonyl (C=O) groups excluding carboxylic acids is 1. The third-order valence-electron chi connectivity index (χ3n) is 4.42. The summed E-state index contributed by atoms with van der Waals surface area (Å²) in [5.41, 5.74) is 2.84. The van der Waals surface area contributed by atoms with Crippen molar-refractivity contribution in [2.24, 2.45) is 4.99 Å². The zero-order chi connectivity index (χ0) is 21.3. The van der Waals surface area contributed by atoms with Gasteiger partial charge in [-0.15, -0.1) is 0 Å². The van der Waals surface area contributed by atoms with Gasteiger partial charge in [-0.1, -0.05) is 25.5 Å². The van der Waals surface area contributed by atoms with Gasteiger partial charge in [0.1, 0.15) is 17.2 Å². The Kier molecular flexibility index (Phi) is 7.22. The van der Waals surface area contributed by atoms with Crippen LogP contribution >= 0.6 is 0 Å². The van der Waals surface area contributed by atoms with Crippen LogP contribution in [0, 0.1) is 6.92 Å². The molecular weight excluding hydrogens is 378 g/mol. The van der Waals surface area contributed by atoms with Gasteiger partial charge in [-0.2, -0.15) is 0 Å². The molecule has 0 fully saturated rings. The summed E-state index contributed by atoms with van der Waals surface area (Å²) in [6.07, 6.45) is 3.62. The van der Waals surface area contributed by atoms with Gasteiger partial charge in [-0.25, -0.2) is 4.79 Å². The van der Waals surface area contributed by atoms with Gasteiger partial charge in [0, 0.05) is 17.8 Å². The molecule has 0 aliphatic heterocycles. The van der Waals surface area contributed by atoms with Crippen molar-refractivity contribution in [2.75, 3.05) is 6.61 Å². The Morgan fingerprint density at radius 2 is 1.80 bits per heavy atom. The Balaban J connectivity index is 1.63. The maximum Gasteiger partial charge on any atom is 0.343 e. The van der Waals surface area contributed by atoms with Gasteiger partial charge < -0.3 is 14.6 Å². The first-order valence-electron chi connectivity index (χ1n) is 9.94. The average molecular weight is 403 g/mol. The second-order valence-electron chi connectivity index (χ2n) is 6.93. The standard InChI is InChI=1S/C25H25NO4/c1-3-4-14-29-22-11-8-19(9-12-22)25(28)30-23-13-10-20(24(27)16-23)17-26-21-7-5-6-18(2)15-21/h5-13,15-17,27H,3-4,14H2,1-2H3. The van der Waals surface area contributed by atoms with Crippen molar-refractivity contribution < 1.29 is 19.4 Å². The monoisotopic (exact) mass is 403 g/mol. The van der Waals surface area contributed by atoms with Crippen LogP contribution in [0.1, 0.15) is 41.3 Å². The van der Waals surface area contributed by atoms with E-state index < -0.39 is 5.97 Å². The molecule has 0 bridgehead atoms. The summed E-state index contributed by atoms with van der Waals surface area (Å²) in [6, 6.07) is 19.2. The van der Waals surface area contributed by atoms with Gasteiger partial charge in [0.2, 0.25) is 0 Å². The van der Waals surface area contributed by atoms with Gasteiger partial charge in [0.25, 0.3) is 0 Å². The molecular formula is C25H25NO4. The maximum atomic E-state index is 12.4. The van der Waals surface area contributed by atoms with Crippen LogP contribution < -0.4 is 9.47 Å². The summed E-state index contributed by atoms with van der Waals surface area (Å²) in [7, 11) is 0. The number of unbranched alkanes of at least 4 members (excludes halogenated alkanes) is 1. The molecule has 3 aromatic rings. The van der Waals surface area contributed by atoms with Crippen LogP contribution in [0.4, 0.5) is 5.69 Å². The lowest BCUT2D eigenvalue weighted by Crippen LogP contribution is -2.08. The number of benzene rings is 3. The zero-order valence-corrected chi connectivity index (χ0v) is 17.2. The van der Waals surface area contributed by atoms with Crippen LogP contribution in [0.25, 0.3) is 0 Å². The predicted molar refractivity (Wildman–Crippen MR) is 118 cm³/mol. The number of phenolic OH excluding ortho intramolecular Hbond substituents is 1. The second-order valence-corrected chi connectivity index (χ2v) is 6.93. The largest absolute Gasteiger partial charge is 0.507 e. The Morgan fingerprint density at radius 3 is 2.50 bits per heavy atom. The number of nitrogens with zero attached hydrogens (tertiary/aromatic N) is 1. The summed E-state index contributed by atoms with van der Waals surface area (Å²) >= 11 is 0. The number of hydrogen-bond donors (Lipinski definition) is 1. The minimum absolute atomic E-state index is 0.0172. The van der Waals surface area contributed by atoms with Crippen LogP contribution in [0.2, 0.25) is 0 Å². The van der Waals surface area contributed by atoms with Crippen molar-refractivity contribution in [3.8, 4) is 17.2 Å². The minimum atomic E-state index is -0.504. The number of rotatable bonds is 8. The Morgan fingerprint density at radius 1 is 1.03 bits per heavy atom. The van der Waals surface area contributed by atoms with Gasteiger partial charge in [-0.05, 0) is 67.4 Å². The quantitative estimate of drug-likeness (QED) is 0.222. The van der Waals surface area contributed by atoms with Crippen molar-refractivity contribution in [2.45, 2.75) is 26.7 Å². The number of aliphatic imine (C=N–C) groups is 1. The summed E-state index contributed by atoms with van der Waals surface area (Å²) in [5, 5.41) is 10.2. The molecule has 0 heterocycles. The molecule has 0 atom stereocenters. The first-order chi connectivity index (χ1) is 14.5. The lowest BCUT2D eigenvalue weighted by Gasteiger charge is -2.08. The lowest BCUT2D eigenvalue weighted by atomic mass is 10.2. The average Bonchev–Trinajstić information content (AvgIpc) is 2.74. The van der Waals surface area contributed by atoms with Crippen LogP contribution in [0.3, 0.4) is 0 Å². The van der Waals surface area contributed by atoms with E-state index in [9.17, 15) is 9.90 Å². The van der Waals surface area contributed by atoms with Crippen LogP contribution in [-0.2, 0) is 0 Å². The highest BCUT2D eigenvalue weighted by molar-refractivity contribution is 5.91. The molecule has 1 N–H and O–H groups in total. The molecule has 0 saturated carbocycles. The fourth-order valence-electron chi connectivity index (χ4n) is 2.74. The third-order valence-corrected chi connectivity index (χ3v) is 4.42. The van der Waals surface area contributed by atoms with Crippen LogP contribution in [-0.4, -0.2) is 23.9 Å². The lowest BCUT2D eigenvalue weighted by molar-refractivity contribution is 0.0734. The van der Waals surface area contributed by atoms with E-state index in [1.54, 1.807) is 42.6 Å².